The first kappa shape index (κ1) is 19.9. The van der Waals surface area contributed by atoms with Gasteiger partial charge in [-0.1, -0.05) is 12.1 Å². The van der Waals surface area contributed by atoms with Crippen LogP contribution >= 0.6 is 0 Å². The summed E-state index contributed by atoms with van der Waals surface area (Å²) < 4.78 is 46.7. The van der Waals surface area contributed by atoms with E-state index in [-0.39, 0.29) is 18.4 Å². The van der Waals surface area contributed by atoms with E-state index in [1.165, 1.54) is 12.3 Å². The summed E-state index contributed by atoms with van der Waals surface area (Å²) in [4.78, 5) is 8.36. The van der Waals surface area contributed by atoms with Crippen molar-refractivity contribution >= 4 is 11.6 Å². The number of aromatic nitrogens is 1. The molecule has 1 unspecified atom stereocenters. The summed E-state index contributed by atoms with van der Waals surface area (Å²) in [6, 6.07) is 11.8. The molecule has 3 aromatic rings. The zero-order valence-corrected chi connectivity index (χ0v) is 17.5. The lowest BCUT2D eigenvalue weighted by Crippen LogP contribution is -2.31. The lowest BCUT2D eigenvalue weighted by molar-refractivity contribution is 0.161. The van der Waals surface area contributed by atoms with Gasteiger partial charge >= 0.3 is 0 Å². The molecule has 6 rings (SSSR count). The summed E-state index contributed by atoms with van der Waals surface area (Å²) in [5, 5.41) is 0. The zero-order valence-electron chi connectivity index (χ0n) is 17.5. The lowest BCUT2D eigenvalue weighted by atomic mass is 9.79. The molecular formula is C25H19F2N3O3. The molecule has 1 spiro atoms. The second kappa shape index (κ2) is 7.38. The molecule has 1 aromatic heterocycles. The predicted octanol–water partition coefficient (Wildman–Crippen LogP) is 4.52. The molecule has 3 aliphatic heterocycles. The number of rotatable bonds is 2. The van der Waals surface area contributed by atoms with Crippen LogP contribution in [0.1, 0.15) is 23.1 Å². The minimum Gasteiger partial charge on any atom is -0.462 e. The minimum atomic E-state index is -1.12. The molecule has 4 heterocycles. The third-order valence-electron chi connectivity index (χ3n) is 6.26. The quantitative estimate of drug-likeness (QED) is 0.584. The summed E-state index contributed by atoms with van der Waals surface area (Å²) in [5.74, 6) is -0.590. The third-order valence-corrected chi connectivity index (χ3v) is 6.26. The van der Waals surface area contributed by atoms with Gasteiger partial charge in [-0.2, -0.15) is 4.39 Å². The Morgan fingerprint density at radius 2 is 1.91 bits per heavy atom. The summed E-state index contributed by atoms with van der Waals surface area (Å²) in [6.45, 7) is 1.13. The molecule has 1 atom stereocenters. The van der Waals surface area contributed by atoms with Crippen molar-refractivity contribution in [3.63, 3.8) is 0 Å². The topological polar surface area (TPSA) is 79.0 Å². The molecule has 0 fully saturated rings. The highest BCUT2D eigenvalue weighted by Crippen LogP contribution is 2.53. The maximum Gasteiger partial charge on any atom is 0.283 e. The van der Waals surface area contributed by atoms with Gasteiger partial charge in [-0.05, 0) is 59.5 Å². The van der Waals surface area contributed by atoms with Gasteiger partial charge in [0.25, 0.3) is 6.02 Å². The molecule has 0 saturated heterocycles. The SMILES string of the molecule is NC1=NC2(CO1)c1cc(-c3cccnc3F)ccc1Oc1c(F)cc(C3=CCOCC3)cc12. The van der Waals surface area contributed by atoms with Gasteiger partial charge in [-0.3, -0.25) is 0 Å². The van der Waals surface area contributed by atoms with Crippen LogP contribution in [0.3, 0.4) is 0 Å². The number of halogens is 2. The van der Waals surface area contributed by atoms with Gasteiger partial charge in [0.2, 0.25) is 5.95 Å². The normalized spacial score (nSPS) is 20.9. The molecule has 0 radical (unpaired) electrons. The number of nitrogens with two attached hydrogens (primary N) is 1. The van der Waals surface area contributed by atoms with Crippen molar-refractivity contribution in [3.8, 4) is 22.6 Å². The van der Waals surface area contributed by atoms with Crippen LogP contribution in [-0.4, -0.2) is 30.8 Å². The van der Waals surface area contributed by atoms with Gasteiger partial charge in [-0.15, -0.1) is 0 Å². The number of hydrogen-bond donors (Lipinski definition) is 1. The van der Waals surface area contributed by atoms with E-state index in [0.29, 0.717) is 47.6 Å². The molecule has 8 heteroatoms. The van der Waals surface area contributed by atoms with Gasteiger partial charge in [0.05, 0.1) is 13.2 Å². The van der Waals surface area contributed by atoms with E-state index < -0.39 is 17.3 Å². The van der Waals surface area contributed by atoms with Crippen LogP contribution in [0.15, 0.2) is 59.7 Å². The largest absolute Gasteiger partial charge is 0.462 e. The Labute approximate surface area is 188 Å². The fraction of sp³-hybridized carbons (Fsp3) is 0.200. The Bertz CT molecular complexity index is 1350. The van der Waals surface area contributed by atoms with Crippen LogP contribution in [-0.2, 0) is 15.0 Å². The van der Waals surface area contributed by atoms with Crippen molar-refractivity contribution in [2.75, 3.05) is 19.8 Å². The lowest BCUT2D eigenvalue weighted by Gasteiger charge is -2.34. The molecule has 2 N–H and O–H groups in total. The van der Waals surface area contributed by atoms with E-state index in [9.17, 15) is 4.39 Å². The monoisotopic (exact) mass is 447 g/mol. The summed E-state index contributed by atoms with van der Waals surface area (Å²) in [7, 11) is 0. The Morgan fingerprint density at radius 3 is 2.67 bits per heavy atom. The summed E-state index contributed by atoms with van der Waals surface area (Å²) >= 11 is 0. The van der Waals surface area contributed by atoms with Gasteiger partial charge in [-0.25, -0.2) is 14.4 Å². The second-order valence-corrected chi connectivity index (χ2v) is 8.14. The molecule has 33 heavy (non-hydrogen) atoms. The number of nitrogens with zero attached hydrogens (tertiary/aromatic N) is 2. The summed E-state index contributed by atoms with van der Waals surface area (Å²) in [6.07, 6.45) is 4.01. The molecular weight excluding hydrogens is 428 g/mol. The molecule has 6 nitrogen and oxygen atoms in total. The zero-order chi connectivity index (χ0) is 22.6. The van der Waals surface area contributed by atoms with Crippen LogP contribution in [0.4, 0.5) is 8.78 Å². The number of fused-ring (bicyclic) bond motifs is 4. The van der Waals surface area contributed by atoms with Crippen LogP contribution in [0, 0.1) is 11.8 Å². The van der Waals surface area contributed by atoms with E-state index in [4.69, 9.17) is 19.9 Å². The molecule has 0 saturated carbocycles. The number of pyridine rings is 1. The van der Waals surface area contributed by atoms with Gasteiger partial charge < -0.3 is 19.9 Å². The number of benzene rings is 2. The van der Waals surface area contributed by atoms with Crippen molar-refractivity contribution in [3.05, 3.63) is 83.2 Å². The van der Waals surface area contributed by atoms with Crippen molar-refractivity contribution in [1.82, 2.24) is 4.98 Å². The highest BCUT2D eigenvalue weighted by atomic mass is 19.1. The van der Waals surface area contributed by atoms with Gasteiger partial charge in [0.1, 0.15) is 12.4 Å². The van der Waals surface area contributed by atoms with Crippen LogP contribution in [0.2, 0.25) is 0 Å². The highest BCUT2D eigenvalue weighted by molar-refractivity contribution is 5.79. The third kappa shape index (κ3) is 3.09. The van der Waals surface area contributed by atoms with Crippen molar-refractivity contribution in [2.24, 2.45) is 10.7 Å². The first-order valence-corrected chi connectivity index (χ1v) is 10.6. The Hall–Kier alpha value is -3.78. The van der Waals surface area contributed by atoms with Gasteiger partial charge in [0.15, 0.2) is 17.1 Å². The van der Waals surface area contributed by atoms with Crippen molar-refractivity contribution in [2.45, 2.75) is 12.0 Å². The molecule has 0 bridgehead atoms. The molecule has 166 valence electrons. The standard InChI is InChI=1S/C25H19F2N3O3/c26-20-12-16(14-5-8-31-9-6-14)11-19-22(20)33-21-4-3-15(17-2-1-7-29-23(17)27)10-18(21)25(19)13-32-24(28)30-25/h1-5,7,10-12H,6,8-9,13H2,(H2,28,30). The Morgan fingerprint density at radius 1 is 1.03 bits per heavy atom. The smallest absolute Gasteiger partial charge is 0.283 e. The van der Waals surface area contributed by atoms with Gasteiger partial charge in [0, 0.05) is 22.9 Å². The maximum absolute atomic E-state index is 15.3. The van der Waals surface area contributed by atoms with E-state index in [1.807, 2.05) is 12.1 Å². The first-order valence-electron chi connectivity index (χ1n) is 10.6. The molecule has 0 aliphatic carbocycles. The fourth-order valence-electron chi connectivity index (χ4n) is 4.65. The number of hydrogen-bond acceptors (Lipinski definition) is 6. The average molecular weight is 447 g/mol. The summed E-state index contributed by atoms with van der Waals surface area (Å²) in [5.41, 5.74) is 8.61. The number of aliphatic imine (C=N–C) groups is 1. The fourth-order valence-corrected chi connectivity index (χ4v) is 4.65. The van der Waals surface area contributed by atoms with Crippen molar-refractivity contribution in [1.29, 1.82) is 0 Å². The van der Waals surface area contributed by atoms with Crippen molar-refractivity contribution < 1.29 is 23.0 Å². The molecule has 3 aliphatic rings. The highest BCUT2D eigenvalue weighted by Gasteiger charge is 2.48. The van der Waals surface area contributed by atoms with Crippen LogP contribution in [0.25, 0.3) is 16.7 Å². The number of ether oxygens (including phenoxy) is 3. The van der Waals surface area contributed by atoms with E-state index in [2.05, 4.69) is 9.98 Å². The number of amidine groups is 1. The predicted molar refractivity (Wildman–Crippen MR) is 118 cm³/mol. The Kier molecular flexibility index (Phi) is 4.45. The van der Waals surface area contributed by atoms with E-state index >= 15 is 4.39 Å². The van der Waals surface area contributed by atoms with E-state index in [0.717, 1.165) is 11.1 Å². The minimum absolute atomic E-state index is 0.00264. The molecule has 0 amide bonds. The maximum atomic E-state index is 15.3. The van der Waals surface area contributed by atoms with E-state index in [1.54, 1.807) is 30.3 Å². The average Bonchev–Trinajstić information content (AvgIpc) is 3.23. The Balaban J connectivity index is 1.57. The van der Waals surface area contributed by atoms with Crippen LogP contribution < -0.4 is 10.5 Å². The second-order valence-electron chi connectivity index (χ2n) is 8.14. The molecule has 2 aromatic carbocycles. The van der Waals surface area contributed by atoms with Crippen LogP contribution in [0.5, 0.6) is 11.5 Å². The first-order chi connectivity index (χ1) is 16.0.